The molecule has 0 amide bonds. The van der Waals surface area contributed by atoms with Crippen LogP contribution in [-0.2, 0) is 0 Å². The zero-order valence-corrected chi connectivity index (χ0v) is 18.1. The van der Waals surface area contributed by atoms with Crippen molar-refractivity contribution >= 4 is 7.26 Å². The Labute approximate surface area is 149 Å². The lowest BCUT2D eigenvalue weighted by atomic mass is 10.1. The van der Waals surface area contributed by atoms with Crippen LogP contribution in [0.25, 0.3) is 0 Å². The van der Waals surface area contributed by atoms with Crippen LogP contribution >= 0.6 is 7.26 Å². The summed E-state index contributed by atoms with van der Waals surface area (Å²) in [4.78, 5) is 0. The number of unbranched alkanes of at least 4 members (excludes halogenated alkanes) is 11. The van der Waals surface area contributed by atoms with E-state index in [2.05, 4.69) is 27.7 Å². The Hall–Kier alpha value is 0.430. The quantitative estimate of drug-likeness (QED) is 0.173. The summed E-state index contributed by atoms with van der Waals surface area (Å²) in [5.74, 6) is 0. The van der Waals surface area contributed by atoms with E-state index in [4.69, 9.17) is 0 Å². The SMILES string of the molecule is CCCCCCCC[P+](CC)(CCCCC)CCCCCCC. The second kappa shape index (κ2) is 17.3. The van der Waals surface area contributed by atoms with Crippen LogP contribution in [0.2, 0.25) is 0 Å². The smallest absolute Gasteiger partial charge is 0.0594 e. The Morgan fingerprint density at radius 1 is 0.391 bits per heavy atom. The normalized spacial score (nSPS) is 14.1. The molecule has 0 aliphatic rings. The highest BCUT2D eigenvalue weighted by Gasteiger charge is 2.33. The van der Waals surface area contributed by atoms with Crippen molar-refractivity contribution in [3.05, 3.63) is 0 Å². The van der Waals surface area contributed by atoms with Gasteiger partial charge < -0.3 is 0 Å². The maximum atomic E-state index is 2.52. The second-order valence-corrected chi connectivity index (χ2v) is 12.4. The molecule has 1 unspecified atom stereocenters. The molecule has 0 N–H and O–H groups in total. The molecule has 0 saturated heterocycles. The highest BCUT2D eigenvalue weighted by Crippen LogP contribution is 2.60. The molecule has 0 aliphatic carbocycles. The highest BCUT2D eigenvalue weighted by atomic mass is 31.2. The molecule has 0 aromatic rings. The Balaban J connectivity index is 4.16. The van der Waals surface area contributed by atoms with E-state index in [1.54, 1.807) is 18.5 Å². The van der Waals surface area contributed by atoms with Crippen molar-refractivity contribution < 1.29 is 0 Å². The van der Waals surface area contributed by atoms with Crippen LogP contribution in [0.15, 0.2) is 0 Å². The Kier molecular flexibility index (Phi) is 17.6. The van der Waals surface area contributed by atoms with Crippen LogP contribution in [0.3, 0.4) is 0 Å². The summed E-state index contributed by atoms with van der Waals surface area (Å²) in [6, 6.07) is 0. The van der Waals surface area contributed by atoms with Crippen molar-refractivity contribution in [2.75, 3.05) is 24.6 Å². The van der Waals surface area contributed by atoms with Crippen molar-refractivity contribution in [2.45, 2.75) is 118 Å². The summed E-state index contributed by atoms with van der Waals surface area (Å²) < 4.78 is 0. The molecule has 0 fully saturated rings. The zero-order chi connectivity index (χ0) is 17.2. The van der Waals surface area contributed by atoms with Gasteiger partial charge in [0.05, 0.1) is 24.6 Å². The standard InChI is InChI=1S/C22H48P/c1-5-9-12-14-16-19-22-23(8-4,20-17-11-7-3)21-18-15-13-10-6-2/h5-22H2,1-4H3/q+1. The van der Waals surface area contributed by atoms with Gasteiger partial charge in [0.25, 0.3) is 0 Å². The van der Waals surface area contributed by atoms with Gasteiger partial charge in [0.2, 0.25) is 0 Å². The van der Waals surface area contributed by atoms with Crippen molar-refractivity contribution in [1.29, 1.82) is 0 Å². The van der Waals surface area contributed by atoms with Gasteiger partial charge in [-0.3, -0.25) is 0 Å². The molecule has 0 nitrogen and oxygen atoms in total. The summed E-state index contributed by atoms with van der Waals surface area (Å²) >= 11 is 0. The fourth-order valence-electron chi connectivity index (χ4n) is 3.79. The van der Waals surface area contributed by atoms with Gasteiger partial charge in [0.1, 0.15) is 0 Å². The fraction of sp³-hybridized carbons (Fsp3) is 1.00. The van der Waals surface area contributed by atoms with Crippen molar-refractivity contribution in [2.24, 2.45) is 0 Å². The van der Waals surface area contributed by atoms with Crippen molar-refractivity contribution in [3.63, 3.8) is 0 Å². The van der Waals surface area contributed by atoms with E-state index in [9.17, 15) is 0 Å². The first-order chi connectivity index (χ1) is 11.2. The first kappa shape index (κ1) is 23.4. The van der Waals surface area contributed by atoms with Gasteiger partial charge in [-0.1, -0.05) is 78.6 Å². The van der Waals surface area contributed by atoms with Crippen LogP contribution in [-0.4, -0.2) is 24.6 Å². The molecule has 140 valence electrons. The van der Waals surface area contributed by atoms with E-state index in [1.807, 2.05) is 0 Å². The van der Waals surface area contributed by atoms with Gasteiger partial charge in [-0.25, -0.2) is 0 Å². The number of hydrogen-bond donors (Lipinski definition) is 0. The Bertz CT molecular complexity index is 226. The largest absolute Gasteiger partial charge is 0.0654 e. The van der Waals surface area contributed by atoms with Crippen LogP contribution in [0.5, 0.6) is 0 Å². The average molecular weight is 344 g/mol. The van der Waals surface area contributed by atoms with Gasteiger partial charge in [-0.05, 0) is 39.0 Å². The predicted molar refractivity (Wildman–Crippen MR) is 114 cm³/mol. The summed E-state index contributed by atoms with van der Waals surface area (Å²) in [5, 5.41) is 0. The summed E-state index contributed by atoms with van der Waals surface area (Å²) in [5.41, 5.74) is 0. The van der Waals surface area contributed by atoms with E-state index in [0.717, 1.165) is 0 Å². The molecular weight excluding hydrogens is 295 g/mol. The van der Waals surface area contributed by atoms with Gasteiger partial charge in [-0.15, -0.1) is 0 Å². The van der Waals surface area contributed by atoms with Crippen LogP contribution in [0.4, 0.5) is 0 Å². The van der Waals surface area contributed by atoms with Gasteiger partial charge in [-0.2, -0.15) is 0 Å². The highest BCUT2D eigenvalue weighted by molar-refractivity contribution is 7.75. The molecular formula is C22H48P+. The molecule has 0 saturated carbocycles. The molecule has 1 atom stereocenters. The first-order valence-electron chi connectivity index (χ1n) is 11.1. The van der Waals surface area contributed by atoms with E-state index >= 15 is 0 Å². The van der Waals surface area contributed by atoms with Gasteiger partial charge in [0.15, 0.2) is 0 Å². The number of rotatable bonds is 18. The monoisotopic (exact) mass is 343 g/mol. The van der Waals surface area contributed by atoms with E-state index in [1.165, 1.54) is 96.1 Å². The van der Waals surface area contributed by atoms with E-state index < -0.39 is 7.26 Å². The van der Waals surface area contributed by atoms with Gasteiger partial charge in [0, 0.05) is 7.26 Å². The summed E-state index contributed by atoms with van der Waals surface area (Å²) in [6.07, 6.45) is 26.9. The topological polar surface area (TPSA) is 0 Å². The van der Waals surface area contributed by atoms with E-state index in [-0.39, 0.29) is 0 Å². The lowest BCUT2D eigenvalue weighted by Gasteiger charge is -2.27. The van der Waals surface area contributed by atoms with Crippen molar-refractivity contribution in [3.8, 4) is 0 Å². The Morgan fingerprint density at radius 2 is 0.696 bits per heavy atom. The van der Waals surface area contributed by atoms with E-state index in [0.29, 0.717) is 0 Å². The third-order valence-corrected chi connectivity index (χ3v) is 10.8. The fourth-order valence-corrected chi connectivity index (χ4v) is 8.09. The number of hydrogen-bond acceptors (Lipinski definition) is 0. The zero-order valence-electron chi connectivity index (χ0n) is 17.2. The second-order valence-electron chi connectivity index (χ2n) is 7.72. The minimum absolute atomic E-state index is 0.611. The van der Waals surface area contributed by atoms with Crippen molar-refractivity contribution in [1.82, 2.24) is 0 Å². The van der Waals surface area contributed by atoms with Crippen LogP contribution in [0.1, 0.15) is 118 Å². The minimum Gasteiger partial charge on any atom is -0.0654 e. The molecule has 0 radical (unpaired) electrons. The summed E-state index contributed by atoms with van der Waals surface area (Å²) in [6.45, 7) is 9.51. The maximum Gasteiger partial charge on any atom is 0.0594 e. The molecule has 0 spiro atoms. The molecule has 0 aliphatic heterocycles. The summed E-state index contributed by atoms with van der Waals surface area (Å²) in [7, 11) is -0.611. The molecule has 0 heterocycles. The molecule has 0 bridgehead atoms. The lowest BCUT2D eigenvalue weighted by Crippen LogP contribution is -2.11. The maximum absolute atomic E-state index is 2.52. The average Bonchev–Trinajstić information content (AvgIpc) is 2.57. The minimum atomic E-state index is -0.611. The molecule has 23 heavy (non-hydrogen) atoms. The molecule has 1 heteroatoms. The third kappa shape index (κ3) is 13.4. The van der Waals surface area contributed by atoms with Crippen LogP contribution in [0, 0.1) is 0 Å². The lowest BCUT2D eigenvalue weighted by molar-refractivity contribution is 0.624. The molecule has 0 rings (SSSR count). The Morgan fingerprint density at radius 3 is 1.09 bits per heavy atom. The third-order valence-electron chi connectivity index (χ3n) is 5.63. The van der Waals surface area contributed by atoms with Gasteiger partial charge >= 0.3 is 0 Å². The first-order valence-corrected chi connectivity index (χ1v) is 13.6. The molecule has 0 aromatic carbocycles. The molecule has 0 aromatic heterocycles. The van der Waals surface area contributed by atoms with Crippen LogP contribution < -0.4 is 0 Å². The predicted octanol–water partition coefficient (Wildman–Crippen LogP) is 8.55.